The number of hydrogen-bond donors (Lipinski definition) is 1. The number of halogens is 1. The molecule has 0 bridgehead atoms. The highest BCUT2D eigenvalue weighted by Gasteiger charge is 2.24. The molecule has 0 unspecified atom stereocenters. The molecule has 0 aliphatic carbocycles. The average molecular weight is 359 g/mol. The van der Waals surface area contributed by atoms with Gasteiger partial charge in [-0.25, -0.2) is 0 Å². The van der Waals surface area contributed by atoms with Crippen LogP contribution in [0.5, 0.6) is 5.88 Å². The third-order valence-electron chi connectivity index (χ3n) is 3.90. The summed E-state index contributed by atoms with van der Waals surface area (Å²) in [5, 5.41) is 20.4. The van der Waals surface area contributed by atoms with Gasteiger partial charge in [-0.2, -0.15) is 5.26 Å². The zero-order chi connectivity index (χ0) is 18.7. The summed E-state index contributed by atoms with van der Waals surface area (Å²) < 4.78 is 1.10. The molecule has 0 amide bonds. The lowest BCUT2D eigenvalue weighted by atomic mass is 9.97. The Morgan fingerprint density at radius 1 is 1.32 bits per heavy atom. The molecule has 5 nitrogen and oxygen atoms in total. The number of rotatable bonds is 5. The number of hydrogen-bond acceptors (Lipinski definition) is 4. The molecule has 25 heavy (non-hydrogen) atoms. The number of Topliss-reactive ketones (excluding diaryl/α,β-unsaturated/α-hetero) is 1. The summed E-state index contributed by atoms with van der Waals surface area (Å²) in [6.45, 7) is 5.50. The van der Waals surface area contributed by atoms with Crippen LogP contribution in [0.3, 0.4) is 0 Å². The molecule has 0 radical (unpaired) electrons. The first-order chi connectivity index (χ1) is 11.8. The van der Waals surface area contributed by atoms with Crippen molar-refractivity contribution < 1.29 is 9.90 Å². The van der Waals surface area contributed by atoms with Gasteiger partial charge in [-0.15, -0.1) is 0 Å². The van der Waals surface area contributed by atoms with Gasteiger partial charge in [0.25, 0.3) is 5.56 Å². The van der Waals surface area contributed by atoms with Crippen molar-refractivity contribution in [3.63, 3.8) is 0 Å². The number of aromatic nitrogens is 1. The van der Waals surface area contributed by atoms with Gasteiger partial charge in [0, 0.05) is 18.0 Å². The normalized spacial score (nSPS) is 10.7. The van der Waals surface area contributed by atoms with Gasteiger partial charge >= 0.3 is 0 Å². The maximum atomic E-state index is 12.7. The van der Waals surface area contributed by atoms with E-state index >= 15 is 0 Å². The van der Waals surface area contributed by atoms with Crippen LogP contribution in [0.15, 0.2) is 29.1 Å². The van der Waals surface area contributed by atoms with E-state index in [0.29, 0.717) is 5.02 Å². The van der Waals surface area contributed by atoms with Gasteiger partial charge in [0.2, 0.25) is 5.88 Å². The first-order valence-electron chi connectivity index (χ1n) is 7.90. The molecule has 6 heteroatoms. The summed E-state index contributed by atoms with van der Waals surface area (Å²) in [6.07, 6.45) is 0.0380. The molecule has 0 aliphatic rings. The van der Waals surface area contributed by atoms with Crippen molar-refractivity contribution in [2.24, 2.45) is 5.92 Å². The summed E-state index contributed by atoms with van der Waals surface area (Å²) in [6, 6.07) is 8.66. The van der Waals surface area contributed by atoms with Crippen LogP contribution in [0.4, 0.5) is 0 Å². The number of nitrogens with zero attached hydrogens (tertiary/aromatic N) is 2. The van der Waals surface area contributed by atoms with E-state index < -0.39 is 5.56 Å². The minimum atomic E-state index is -0.575. The largest absolute Gasteiger partial charge is 0.494 e. The Bertz CT molecular complexity index is 906. The Morgan fingerprint density at radius 3 is 2.44 bits per heavy atom. The molecular formula is C19H19ClN2O3. The second-order valence-corrected chi connectivity index (χ2v) is 6.78. The van der Waals surface area contributed by atoms with Crippen molar-refractivity contribution in [3.8, 4) is 11.9 Å². The number of carbonyl (C=O) groups is 1. The number of pyridine rings is 1. The fourth-order valence-corrected chi connectivity index (χ4v) is 2.82. The number of ketones is 1. The van der Waals surface area contributed by atoms with Crippen molar-refractivity contribution in [1.82, 2.24) is 4.57 Å². The first kappa shape index (κ1) is 18.8. The Morgan fingerprint density at radius 2 is 1.92 bits per heavy atom. The smallest absolute Gasteiger partial charge is 0.271 e. The number of nitriles is 1. The second-order valence-electron chi connectivity index (χ2n) is 6.35. The predicted octanol–water partition coefficient (Wildman–Crippen LogP) is 3.47. The van der Waals surface area contributed by atoms with Gasteiger partial charge in [0.15, 0.2) is 5.78 Å². The van der Waals surface area contributed by atoms with Gasteiger partial charge in [0.1, 0.15) is 11.6 Å². The summed E-state index contributed by atoms with van der Waals surface area (Å²) in [7, 11) is 0. The van der Waals surface area contributed by atoms with E-state index in [9.17, 15) is 20.0 Å². The van der Waals surface area contributed by atoms with Crippen molar-refractivity contribution in [2.75, 3.05) is 0 Å². The van der Waals surface area contributed by atoms with Crippen molar-refractivity contribution in [2.45, 2.75) is 33.7 Å². The van der Waals surface area contributed by atoms with Crippen LogP contribution < -0.4 is 5.56 Å². The maximum Gasteiger partial charge on any atom is 0.271 e. The summed E-state index contributed by atoms with van der Waals surface area (Å²) in [4.78, 5) is 25.1. The van der Waals surface area contributed by atoms with Crippen molar-refractivity contribution in [1.29, 1.82) is 5.26 Å². The molecule has 0 aliphatic heterocycles. The fourth-order valence-electron chi connectivity index (χ4n) is 2.70. The highest BCUT2D eigenvalue weighted by Crippen LogP contribution is 2.24. The van der Waals surface area contributed by atoms with Gasteiger partial charge in [0.05, 0.1) is 5.56 Å². The average Bonchev–Trinajstić information content (AvgIpc) is 2.54. The molecule has 2 aromatic rings. The highest BCUT2D eigenvalue weighted by molar-refractivity contribution is 6.30. The van der Waals surface area contributed by atoms with Crippen molar-refractivity contribution in [3.05, 3.63) is 61.9 Å². The SMILES string of the molecule is Cc1c(C(=O)Cc2ccc(Cl)cc2)c(O)n(CC(C)C)c(=O)c1C#N. The van der Waals surface area contributed by atoms with Gasteiger partial charge in [-0.3, -0.25) is 14.2 Å². The lowest BCUT2D eigenvalue weighted by Gasteiger charge is -2.17. The molecule has 130 valence electrons. The van der Waals surface area contributed by atoms with E-state index in [0.717, 1.165) is 10.1 Å². The summed E-state index contributed by atoms with van der Waals surface area (Å²) in [5.41, 5.74) is 0.274. The number of carbonyl (C=O) groups excluding carboxylic acids is 1. The van der Waals surface area contributed by atoms with E-state index in [1.54, 1.807) is 24.3 Å². The second kappa shape index (κ2) is 7.54. The zero-order valence-corrected chi connectivity index (χ0v) is 15.1. The Hall–Kier alpha value is -2.58. The monoisotopic (exact) mass is 358 g/mol. The summed E-state index contributed by atoms with van der Waals surface area (Å²) in [5.74, 6) is -0.669. The van der Waals surface area contributed by atoms with Crippen LogP contribution in [0.2, 0.25) is 5.02 Å². The molecule has 1 heterocycles. The van der Waals surface area contributed by atoms with Crippen LogP contribution in [0.25, 0.3) is 0 Å². The highest BCUT2D eigenvalue weighted by atomic mass is 35.5. The minimum Gasteiger partial charge on any atom is -0.494 e. The molecule has 0 atom stereocenters. The van der Waals surface area contributed by atoms with E-state index in [1.165, 1.54) is 6.92 Å². The van der Waals surface area contributed by atoms with Gasteiger partial charge in [-0.05, 0) is 36.1 Å². The molecule has 1 aromatic carbocycles. The van der Waals surface area contributed by atoms with E-state index in [1.807, 2.05) is 19.9 Å². The lowest BCUT2D eigenvalue weighted by molar-refractivity contribution is 0.0987. The van der Waals surface area contributed by atoms with Crippen LogP contribution in [0.1, 0.15) is 40.9 Å². The Kier molecular flexibility index (Phi) is 5.66. The van der Waals surface area contributed by atoms with Gasteiger partial charge in [-0.1, -0.05) is 37.6 Å². The van der Waals surface area contributed by atoms with Crippen LogP contribution >= 0.6 is 11.6 Å². The Labute approximate surface area is 151 Å². The van der Waals surface area contributed by atoms with Crippen LogP contribution in [-0.2, 0) is 13.0 Å². The molecule has 0 fully saturated rings. The molecule has 0 saturated heterocycles. The maximum absolute atomic E-state index is 12.7. The van der Waals surface area contributed by atoms with Gasteiger partial charge < -0.3 is 5.11 Å². The topological polar surface area (TPSA) is 83.1 Å². The van der Waals surface area contributed by atoms with Crippen LogP contribution in [-0.4, -0.2) is 15.5 Å². The standard InChI is InChI=1S/C19H19ClN2O3/c1-11(2)10-22-18(24)15(9-21)12(3)17(19(22)25)16(23)8-13-4-6-14(20)7-5-13/h4-7,11,25H,8,10H2,1-3H3. The minimum absolute atomic E-state index is 0.0201. The molecule has 1 N–H and O–H groups in total. The molecular weight excluding hydrogens is 340 g/mol. The first-order valence-corrected chi connectivity index (χ1v) is 8.28. The third kappa shape index (κ3) is 3.92. The van der Waals surface area contributed by atoms with Crippen LogP contribution in [0, 0.1) is 24.2 Å². The third-order valence-corrected chi connectivity index (χ3v) is 4.16. The Balaban J connectivity index is 2.55. The fraction of sp³-hybridized carbons (Fsp3) is 0.316. The lowest BCUT2D eigenvalue weighted by Crippen LogP contribution is -2.28. The molecule has 0 spiro atoms. The van der Waals surface area contributed by atoms with E-state index in [-0.39, 0.29) is 47.2 Å². The molecule has 0 saturated carbocycles. The zero-order valence-electron chi connectivity index (χ0n) is 14.3. The summed E-state index contributed by atoms with van der Waals surface area (Å²) >= 11 is 5.84. The number of aromatic hydroxyl groups is 1. The van der Waals surface area contributed by atoms with E-state index in [4.69, 9.17) is 11.6 Å². The van der Waals surface area contributed by atoms with Crippen molar-refractivity contribution >= 4 is 17.4 Å². The van der Waals surface area contributed by atoms with E-state index in [2.05, 4.69) is 0 Å². The molecule has 1 aromatic heterocycles. The number of benzene rings is 1. The predicted molar refractivity (Wildman–Crippen MR) is 96.1 cm³/mol. The molecule has 2 rings (SSSR count). The quantitative estimate of drug-likeness (QED) is 0.829.